The van der Waals surface area contributed by atoms with Gasteiger partial charge < -0.3 is 0 Å². The van der Waals surface area contributed by atoms with Crippen LogP contribution in [0.25, 0.3) is 0 Å². The van der Waals surface area contributed by atoms with Crippen molar-refractivity contribution in [3.05, 3.63) is 21.2 Å². The fraction of sp³-hybridized carbons (Fsp3) is 0.111. The van der Waals surface area contributed by atoms with Crippen LogP contribution in [0.2, 0.25) is 0 Å². The van der Waals surface area contributed by atoms with Crippen LogP contribution in [0.3, 0.4) is 0 Å². The highest BCUT2D eigenvalue weighted by atomic mass is 35.6. The van der Waals surface area contributed by atoms with E-state index in [0.717, 1.165) is 0 Å². The van der Waals surface area contributed by atoms with Gasteiger partial charge in [-0.1, -0.05) is 58.0 Å². The van der Waals surface area contributed by atoms with E-state index in [1.54, 1.807) is 0 Å². The average molecular weight is 346 g/mol. The maximum Gasteiger partial charge on any atom is 0.218 e. The zero-order valence-electron chi connectivity index (χ0n) is 8.18. The molecule has 0 radical (unpaired) electrons. The van der Waals surface area contributed by atoms with Gasteiger partial charge in [0.25, 0.3) is 0 Å². The van der Waals surface area contributed by atoms with E-state index >= 15 is 0 Å². The average Bonchev–Trinajstić information content (AvgIpc) is 2.30. The predicted octanol–water partition coefficient (Wildman–Crippen LogP) is 3.16. The number of carbonyl (C=O) groups excluding carboxylic acids is 2. The Morgan fingerprint density at radius 3 is 1.22 bits per heavy atom. The first-order valence-corrected chi connectivity index (χ1v) is 5.95. The maximum atomic E-state index is 11.2. The fourth-order valence-electron chi connectivity index (χ4n) is 0.859. The molecule has 9 heteroatoms. The summed E-state index contributed by atoms with van der Waals surface area (Å²) in [5.41, 5.74) is -1.13. The molecule has 4 nitrogen and oxygen atoms in total. The van der Waals surface area contributed by atoms with Crippen LogP contribution in [0.1, 0.15) is 0 Å². The lowest BCUT2D eigenvalue weighted by Gasteiger charge is -2.08. The van der Waals surface area contributed by atoms with Gasteiger partial charge >= 0.3 is 0 Å². The summed E-state index contributed by atoms with van der Waals surface area (Å²) < 4.78 is -0.750. The zero-order valence-corrected chi connectivity index (χ0v) is 12.0. The summed E-state index contributed by atoms with van der Waals surface area (Å²) in [4.78, 5) is 22.4. The number of hydrogen-bond donors (Lipinski definition) is 0. The smallest absolute Gasteiger partial charge is 0.218 e. The van der Waals surface area contributed by atoms with E-state index in [2.05, 4.69) is 0 Å². The van der Waals surface area contributed by atoms with Crippen molar-refractivity contribution in [3.63, 3.8) is 0 Å². The van der Waals surface area contributed by atoms with Crippen molar-refractivity contribution in [2.75, 3.05) is 0 Å². The van der Waals surface area contributed by atoms with Crippen LogP contribution in [0, 0.1) is 22.7 Å². The van der Waals surface area contributed by atoms with Crippen LogP contribution in [-0.2, 0) is 9.59 Å². The summed E-state index contributed by atoms with van der Waals surface area (Å²) in [6.45, 7) is 0. The van der Waals surface area contributed by atoms with Gasteiger partial charge in [-0.2, -0.15) is 10.5 Å². The molecule has 0 heterocycles. The van der Waals surface area contributed by atoms with E-state index in [9.17, 15) is 9.59 Å². The highest BCUT2D eigenvalue weighted by Gasteiger charge is 2.33. The molecule has 1 aliphatic rings. The molecule has 18 heavy (non-hydrogen) atoms. The predicted molar refractivity (Wildman–Crippen MR) is 68.3 cm³/mol. The van der Waals surface area contributed by atoms with Crippen LogP contribution in [0.15, 0.2) is 21.2 Å². The Bertz CT molecular complexity index is 489. The first-order chi connectivity index (χ1) is 8.27. The topological polar surface area (TPSA) is 81.7 Å². The van der Waals surface area contributed by atoms with Gasteiger partial charge in [-0.15, -0.1) is 0 Å². The first kappa shape index (κ1) is 17.2. The summed E-state index contributed by atoms with van der Waals surface area (Å²) >= 11 is 25.2. The van der Waals surface area contributed by atoms with Gasteiger partial charge in [-0.25, -0.2) is 0 Å². The van der Waals surface area contributed by atoms with Gasteiger partial charge in [0.15, 0.2) is 4.30 Å². The standard InChI is InChI=1S/C8Cl2N2O2.CHCl3/c9-5-6(10)8(14)4(2-12)3(1-11)7(5)13;2-1(3)4/h;1H. The number of nitriles is 2. The Morgan fingerprint density at radius 1 is 0.833 bits per heavy atom. The largest absolute Gasteiger partial charge is 0.287 e. The number of ketones is 2. The number of alkyl halides is 3. The van der Waals surface area contributed by atoms with Crippen LogP contribution < -0.4 is 0 Å². The summed E-state index contributed by atoms with van der Waals surface area (Å²) in [6.07, 6.45) is 0. The third-order valence-corrected chi connectivity index (χ3v) is 2.34. The number of halogens is 5. The Morgan fingerprint density at radius 2 is 1.06 bits per heavy atom. The van der Waals surface area contributed by atoms with Crippen LogP contribution in [-0.4, -0.2) is 15.9 Å². The van der Waals surface area contributed by atoms with Gasteiger partial charge in [0.1, 0.15) is 33.3 Å². The normalized spacial score (nSPS) is 15.1. The molecule has 0 spiro atoms. The fourth-order valence-corrected chi connectivity index (χ4v) is 1.22. The van der Waals surface area contributed by atoms with Crippen molar-refractivity contribution in [2.24, 2.45) is 0 Å². The molecule has 0 saturated carbocycles. The number of carbonyl (C=O) groups is 2. The number of hydrogen-bond acceptors (Lipinski definition) is 4. The Balaban J connectivity index is 0.000000631. The molecule has 0 aromatic carbocycles. The molecular weight excluding hydrogens is 345 g/mol. The number of allylic oxidation sites excluding steroid dienone is 4. The molecule has 0 aliphatic heterocycles. The second-order valence-corrected chi connectivity index (χ2v) is 5.24. The van der Waals surface area contributed by atoms with E-state index in [4.69, 9.17) is 68.5 Å². The van der Waals surface area contributed by atoms with E-state index < -0.39 is 37.1 Å². The van der Waals surface area contributed by atoms with Crippen molar-refractivity contribution >= 4 is 69.6 Å². The van der Waals surface area contributed by atoms with E-state index in [1.807, 2.05) is 0 Å². The lowest BCUT2D eigenvalue weighted by molar-refractivity contribution is -0.115. The molecule has 0 aromatic heterocycles. The van der Waals surface area contributed by atoms with Crippen LogP contribution in [0.4, 0.5) is 0 Å². The number of nitrogens with zero attached hydrogens (tertiary/aromatic N) is 2. The van der Waals surface area contributed by atoms with Gasteiger partial charge in [-0.3, -0.25) is 9.59 Å². The second kappa shape index (κ2) is 7.63. The minimum Gasteiger partial charge on any atom is -0.287 e. The van der Waals surface area contributed by atoms with Crippen molar-refractivity contribution in [3.8, 4) is 12.1 Å². The van der Waals surface area contributed by atoms with Gasteiger partial charge in [0, 0.05) is 0 Å². The Hall–Kier alpha value is -0.750. The summed E-state index contributed by atoms with van der Waals surface area (Å²) in [7, 11) is 0. The lowest BCUT2D eigenvalue weighted by Crippen LogP contribution is -2.18. The molecule has 1 rings (SSSR count). The molecule has 0 unspecified atom stereocenters. The van der Waals surface area contributed by atoms with E-state index in [1.165, 1.54) is 12.1 Å². The minimum absolute atomic E-state index is 0.521. The van der Waals surface area contributed by atoms with Crippen LogP contribution in [0.5, 0.6) is 0 Å². The van der Waals surface area contributed by atoms with Crippen molar-refractivity contribution < 1.29 is 9.59 Å². The van der Waals surface area contributed by atoms with Crippen molar-refractivity contribution in [2.45, 2.75) is 4.30 Å². The number of rotatable bonds is 0. The molecule has 0 saturated heterocycles. The SMILES string of the molecule is ClC(Cl)Cl.N#CC1=C(C#N)C(=O)C(Cl)=C(Cl)C1=O. The van der Waals surface area contributed by atoms with Crippen LogP contribution >= 0.6 is 58.0 Å². The monoisotopic (exact) mass is 344 g/mol. The lowest BCUT2D eigenvalue weighted by atomic mass is 9.96. The molecule has 0 aromatic rings. The molecule has 0 fully saturated rings. The molecule has 94 valence electrons. The molecule has 0 atom stereocenters. The Kier molecular flexibility index (Phi) is 7.32. The second-order valence-electron chi connectivity index (χ2n) is 2.51. The van der Waals surface area contributed by atoms with Gasteiger partial charge in [0.2, 0.25) is 11.6 Å². The summed E-state index contributed by atoms with van der Waals surface area (Å²) in [5, 5.41) is 16.0. The molecular formula is C9HCl5N2O2. The van der Waals surface area contributed by atoms with Crippen molar-refractivity contribution in [1.82, 2.24) is 0 Å². The molecule has 0 N–H and O–H groups in total. The third-order valence-electron chi connectivity index (χ3n) is 1.52. The Labute approximate surface area is 127 Å². The van der Waals surface area contributed by atoms with Gasteiger partial charge in [0.05, 0.1) is 0 Å². The van der Waals surface area contributed by atoms with E-state index in [-0.39, 0.29) is 0 Å². The zero-order chi connectivity index (χ0) is 14.5. The first-order valence-electron chi connectivity index (χ1n) is 3.89. The molecule has 0 amide bonds. The highest BCUT2D eigenvalue weighted by molar-refractivity contribution is 6.63. The maximum absolute atomic E-state index is 11.2. The molecule has 0 bridgehead atoms. The van der Waals surface area contributed by atoms with Gasteiger partial charge in [-0.05, 0) is 0 Å². The highest BCUT2D eigenvalue weighted by Crippen LogP contribution is 2.28. The minimum atomic E-state index is -0.893. The van der Waals surface area contributed by atoms with Crippen molar-refractivity contribution in [1.29, 1.82) is 10.5 Å². The van der Waals surface area contributed by atoms with E-state index in [0.29, 0.717) is 0 Å². The third kappa shape index (κ3) is 4.17. The summed E-state index contributed by atoms with van der Waals surface area (Å²) in [6, 6.07) is 2.89. The summed E-state index contributed by atoms with van der Waals surface area (Å²) in [5.74, 6) is -1.79. The number of Topliss-reactive ketones (excluding diaryl/α,β-unsaturated/α-hetero) is 2. The quantitative estimate of drug-likeness (QED) is 0.498. The molecule has 1 aliphatic carbocycles.